The molecule has 0 aliphatic rings. The van der Waals surface area contributed by atoms with Gasteiger partial charge < -0.3 is 11.1 Å². The van der Waals surface area contributed by atoms with E-state index in [-0.39, 0.29) is 17.2 Å². The van der Waals surface area contributed by atoms with Crippen LogP contribution in [0.25, 0.3) is 22.0 Å². The molecule has 174 valence electrons. The van der Waals surface area contributed by atoms with E-state index in [0.717, 1.165) is 22.0 Å². The van der Waals surface area contributed by atoms with Gasteiger partial charge in [0, 0.05) is 28.6 Å². The molecule has 0 bridgehead atoms. The maximum Gasteiger partial charge on any atom is 0.240 e. The third-order valence-electron chi connectivity index (χ3n) is 5.37. The van der Waals surface area contributed by atoms with Crippen LogP contribution in [0.4, 0.5) is 11.5 Å². The van der Waals surface area contributed by atoms with Crippen LogP contribution in [0.2, 0.25) is 0 Å². The summed E-state index contributed by atoms with van der Waals surface area (Å²) in [6, 6.07) is 20.3. The first-order valence-corrected chi connectivity index (χ1v) is 12.3. The van der Waals surface area contributed by atoms with Crippen LogP contribution in [0, 0.1) is 6.92 Å². The number of fused-ring (bicyclic) bond motifs is 1. The van der Waals surface area contributed by atoms with Crippen LogP contribution in [0.1, 0.15) is 18.1 Å². The van der Waals surface area contributed by atoms with Crippen molar-refractivity contribution in [2.75, 3.05) is 11.9 Å². The zero-order valence-corrected chi connectivity index (χ0v) is 19.7. The molecule has 0 saturated carbocycles. The lowest BCUT2D eigenvalue weighted by atomic mass is 10.0. The molecule has 0 radical (unpaired) electrons. The first kappa shape index (κ1) is 23.3. The van der Waals surface area contributed by atoms with E-state index in [1.807, 2.05) is 54.6 Å². The molecule has 0 atom stereocenters. The number of amides is 1. The lowest BCUT2D eigenvalue weighted by molar-refractivity contribution is -0.117. The molecule has 34 heavy (non-hydrogen) atoms. The van der Waals surface area contributed by atoms with Crippen molar-refractivity contribution >= 4 is 38.2 Å². The number of nitrogens with two attached hydrogens (primary N) is 1. The van der Waals surface area contributed by atoms with Crippen molar-refractivity contribution in [2.24, 2.45) is 5.73 Å². The summed E-state index contributed by atoms with van der Waals surface area (Å²) in [4.78, 5) is 11.3. The van der Waals surface area contributed by atoms with E-state index in [9.17, 15) is 13.2 Å². The van der Waals surface area contributed by atoms with E-state index in [2.05, 4.69) is 20.2 Å². The highest BCUT2D eigenvalue weighted by atomic mass is 32.2. The molecule has 0 fully saturated rings. The molecule has 1 heterocycles. The normalized spacial score (nSPS) is 11.5. The number of sulfonamides is 1. The lowest BCUT2D eigenvalue weighted by Gasteiger charge is -2.13. The lowest BCUT2D eigenvalue weighted by Crippen LogP contribution is -2.24. The zero-order valence-electron chi connectivity index (χ0n) is 18.9. The van der Waals surface area contributed by atoms with Gasteiger partial charge in [-0.15, -0.1) is 10.2 Å². The Hall–Kier alpha value is -3.82. The van der Waals surface area contributed by atoms with Gasteiger partial charge in [-0.25, -0.2) is 13.1 Å². The maximum absolute atomic E-state index is 12.7. The third kappa shape index (κ3) is 4.90. The number of nitrogens with zero attached hydrogens (tertiary/aromatic N) is 2. The Kier molecular flexibility index (Phi) is 6.58. The van der Waals surface area contributed by atoms with Crippen LogP contribution in [-0.2, 0) is 21.2 Å². The molecule has 3 aromatic carbocycles. The fourth-order valence-corrected chi connectivity index (χ4v) is 5.07. The van der Waals surface area contributed by atoms with Crippen molar-refractivity contribution in [3.05, 3.63) is 77.9 Å². The average Bonchev–Trinajstić information content (AvgIpc) is 2.80. The summed E-state index contributed by atoms with van der Waals surface area (Å²) in [5, 5.41) is 13.8. The van der Waals surface area contributed by atoms with Gasteiger partial charge in [-0.2, -0.15) is 0 Å². The molecule has 4 aromatic rings. The minimum Gasteiger partial charge on any atom is -0.369 e. The molecule has 0 aliphatic heterocycles. The highest BCUT2D eigenvalue weighted by Gasteiger charge is 2.18. The number of carbonyl (C=O) groups excluding carboxylic acids is 1. The van der Waals surface area contributed by atoms with Crippen molar-refractivity contribution in [3.8, 4) is 11.3 Å². The van der Waals surface area contributed by atoms with Crippen LogP contribution >= 0.6 is 0 Å². The number of carbonyl (C=O) groups is 1. The summed E-state index contributed by atoms with van der Waals surface area (Å²) in [6.07, 6.45) is 0.180. The molecule has 0 spiro atoms. The van der Waals surface area contributed by atoms with Crippen molar-refractivity contribution in [1.82, 2.24) is 14.9 Å². The minimum absolute atomic E-state index is 0.180. The quantitative estimate of drug-likeness (QED) is 0.357. The number of benzene rings is 3. The summed E-state index contributed by atoms with van der Waals surface area (Å²) in [6.45, 7) is 3.81. The van der Waals surface area contributed by atoms with Gasteiger partial charge >= 0.3 is 0 Å². The predicted octanol–water partition coefficient (Wildman–Crippen LogP) is 3.67. The largest absolute Gasteiger partial charge is 0.369 e. The smallest absolute Gasteiger partial charge is 0.240 e. The van der Waals surface area contributed by atoms with E-state index in [1.54, 1.807) is 26.0 Å². The van der Waals surface area contributed by atoms with Gasteiger partial charge in [0.25, 0.3) is 0 Å². The Balaban J connectivity index is 1.74. The van der Waals surface area contributed by atoms with Crippen LogP contribution in [-0.4, -0.2) is 31.1 Å². The van der Waals surface area contributed by atoms with E-state index >= 15 is 0 Å². The summed E-state index contributed by atoms with van der Waals surface area (Å²) in [5.41, 5.74) is 8.77. The SMILES string of the molecule is CCNS(=O)(=O)c1cc(-c2nnc(Nc3ccc(CC(N)=O)cc3)c3ccccc23)ccc1C. The molecule has 0 aliphatic carbocycles. The molecule has 9 heteroatoms. The molecule has 4 N–H and O–H groups in total. The standard InChI is InChI=1S/C25H25N5O3S/c1-3-27-34(32,33)22-15-18(11-8-16(22)2)24-20-6-4-5-7-21(20)25(30-29-24)28-19-12-9-17(10-13-19)14-23(26)31/h4-13,15,27H,3,14H2,1-2H3,(H2,26,31)(H,28,30). The summed E-state index contributed by atoms with van der Waals surface area (Å²) in [7, 11) is -3.62. The third-order valence-corrected chi connectivity index (χ3v) is 7.06. The molecular weight excluding hydrogens is 450 g/mol. The Morgan fingerprint density at radius 3 is 2.35 bits per heavy atom. The molecule has 1 aromatic heterocycles. The fraction of sp³-hybridized carbons (Fsp3) is 0.160. The number of aromatic nitrogens is 2. The number of anilines is 2. The second-order valence-corrected chi connectivity index (χ2v) is 9.62. The van der Waals surface area contributed by atoms with Gasteiger partial charge in [0.05, 0.1) is 11.3 Å². The monoisotopic (exact) mass is 475 g/mol. The van der Waals surface area contributed by atoms with E-state index in [4.69, 9.17) is 5.73 Å². The number of aryl methyl sites for hydroxylation is 1. The zero-order chi connectivity index (χ0) is 24.3. The van der Waals surface area contributed by atoms with Gasteiger partial charge in [-0.3, -0.25) is 4.79 Å². The number of hydrogen-bond acceptors (Lipinski definition) is 6. The number of nitrogens with one attached hydrogen (secondary N) is 2. The number of hydrogen-bond donors (Lipinski definition) is 3. The molecular formula is C25H25N5O3S. The van der Waals surface area contributed by atoms with Crippen LogP contribution in [0.3, 0.4) is 0 Å². The van der Waals surface area contributed by atoms with Gasteiger partial charge in [0.1, 0.15) is 5.69 Å². The van der Waals surface area contributed by atoms with E-state index in [0.29, 0.717) is 29.2 Å². The van der Waals surface area contributed by atoms with Crippen molar-refractivity contribution in [3.63, 3.8) is 0 Å². The fourth-order valence-electron chi connectivity index (χ4n) is 3.76. The van der Waals surface area contributed by atoms with Crippen LogP contribution < -0.4 is 15.8 Å². The first-order valence-electron chi connectivity index (χ1n) is 10.8. The highest BCUT2D eigenvalue weighted by Crippen LogP contribution is 2.32. The molecule has 0 saturated heterocycles. The van der Waals surface area contributed by atoms with Crippen molar-refractivity contribution < 1.29 is 13.2 Å². The predicted molar refractivity (Wildman–Crippen MR) is 133 cm³/mol. The molecule has 0 unspecified atom stereocenters. The van der Waals surface area contributed by atoms with Gasteiger partial charge in [0.2, 0.25) is 15.9 Å². The Labute approximate surface area is 198 Å². The van der Waals surface area contributed by atoms with Crippen molar-refractivity contribution in [2.45, 2.75) is 25.2 Å². The summed E-state index contributed by atoms with van der Waals surface area (Å²) >= 11 is 0. The molecule has 1 amide bonds. The summed E-state index contributed by atoms with van der Waals surface area (Å²) in [5.74, 6) is 0.181. The molecule has 4 rings (SSSR count). The van der Waals surface area contributed by atoms with E-state index in [1.165, 1.54) is 0 Å². The Morgan fingerprint density at radius 2 is 1.68 bits per heavy atom. The topological polar surface area (TPSA) is 127 Å². The van der Waals surface area contributed by atoms with Crippen LogP contribution in [0.15, 0.2) is 71.6 Å². The second-order valence-electron chi connectivity index (χ2n) is 7.89. The first-order chi connectivity index (χ1) is 16.3. The van der Waals surface area contributed by atoms with E-state index < -0.39 is 10.0 Å². The van der Waals surface area contributed by atoms with Gasteiger partial charge in [-0.05, 0) is 36.2 Å². The number of primary amides is 1. The van der Waals surface area contributed by atoms with Gasteiger partial charge in [-0.1, -0.05) is 55.5 Å². The number of rotatable bonds is 8. The highest BCUT2D eigenvalue weighted by molar-refractivity contribution is 7.89. The van der Waals surface area contributed by atoms with Crippen molar-refractivity contribution in [1.29, 1.82) is 0 Å². The molecule has 8 nitrogen and oxygen atoms in total. The van der Waals surface area contributed by atoms with Gasteiger partial charge in [0.15, 0.2) is 5.82 Å². The Bertz CT molecular complexity index is 1470. The maximum atomic E-state index is 12.7. The Morgan fingerprint density at radius 1 is 0.971 bits per heavy atom. The second kappa shape index (κ2) is 9.58. The minimum atomic E-state index is -3.62. The van der Waals surface area contributed by atoms with Crippen LogP contribution in [0.5, 0.6) is 0 Å². The average molecular weight is 476 g/mol. The summed E-state index contributed by atoms with van der Waals surface area (Å²) < 4.78 is 27.9.